The Morgan fingerprint density at radius 2 is 2.00 bits per heavy atom. The fourth-order valence-electron chi connectivity index (χ4n) is 1.87. The number of hydrogen-bond acceptors (Lipinski definition) is 6. The summed E-state index contributed by atoms with van der Waals surface area (Å²) in [4.78, 5) is 33.0. The van der Waals surface area contributed by atoms with Crippen molar-refractivity contribution in [1.29, 1.82) is 0 Å². The van der Waals surface area contributed by atoms with Gasteiger partial charge in [0, 0.05) is 26.0 Å². The molecule has 0 aliphatic carbocycles. The summed E-state index contributed by atoms with van der Waals surface area (Å²) in [5.41, 5.74) is 0.614. The molecule has 1 aliphatic rings. The predicted molar refractivity (Wildman–Crippen MR) is 92.1 cm³/mol. The largest absolute Gasteiger partial charge is 0.304 e. The van der Waals surface area contributed by atoms with Gasteiger partial charge in [0.15, 0.2) is 5.17 Å². The molecule has 0 spiro atoms. The Morgan fingerprint density at radius 1 is 1.38 bits per heavy atom. The van der Waals surface area contributed by atoms with E-state index in [0.29, 0.717) is 10.6 Å². The number of rotatable bonds is 3. The highest BCUT2D eigenvalue weighted by atomic mass is 35.5. The first-order valence-corrected chi connectivity index (χ1v) is 7.98. The zero-order valence-electron chi connectivity index (χ0n) is 12.7. The van der Waals surface area contributed by atoms with Gasteiger partial charge in [0.2, 0.25) is 11.8 Å². The number of nitro benzene ring substituents is 1. The molecule has 0 unspecified atom stereocenters. The van der Waals surface area contributed by atoms with Gasteiger partial charge in [-0.1, -0.05) is 23.4 Å². The van der Waals surface area contributed by atoms with Crippen molar-refractivity contribution >= 4 is 52.1 Å². The van der Waals surface area contributed by atoms with Crippen LogP contribution in [0, 0.1) is 10.1 Å². The van der Waals surface area contributed by atoms with E-state index in [2.05, 4.69) is 10.4 Å². The van der Waals surface area contributed by atoms with Gasteiger partial charge < -0.3 is 5.32 Å². The first-order valence-electron chi connectivity index (χ1n) is 6.72. The summed E-state index contributed by atoms with van der Waals surface area (Å²) in [6.45, 7) is 2.67. The van der Waals surface area contributed by atoms with Crippen LogP contribution in [0.5, 0.6) is 0 Å². The number of amides is 2. The topological polar surface area (TPSA) is 105 Å². The van der Waals surface area contributed by atoms with Crippen LogP contribution in [0.15, 0.2) is 34.4 Å². The lowest BCUT2D eigenvalue weighted by Gasteiger charge is -2.18. The number of amidine groups is 1. The third-order valence-electron chi connectivity index (χ3n) is 2.89. The number of non-ortho nitro benzene ring substituents is 1. The summed E-state index contributed by atoms with van der Waals surface area (Å²) < 4.78 is 0. The van der Waals surface area contributed by atoms with Crippen LogP contribution in [0.2, 0.25) is 0 Å². The van der Waals surface area contributed by atoms with Crippen molar-refractivity contribution in [1.82, 2.24) is 10.3 Å². The lowest BCUT2D eigenvalue weighted by molar-refractivity contribution is -0.384. The van der Waals surface area contributed by atoms with Crippen LogP contribution < -0.4 is 5.32 Å². The van der Waals surface area contributed by atoms with E-state index >= 15 is 0 Å². The highest BCUT2D eigenvalue weighted by molar-refractivity contribution is 8.14. The van der Waals surface area contributed by atoms with Gasteiger partial charge >= 0.3 is 0 Å². The van der Waals surface area contributed by atoms with Crippen LogP contribution in [-0.4, -0.2) is 32.3 Å². The van der Waals surface area contributed by atoms with Crippen LogP contribution >= 0.6 is 23.4 Å². The minimum atomic E-state index is -0.610. The van der Waals surface area contributed by atoms with E-state index < -0.39 is 10.3 Å². The molecule has 24 heavy (non-hydrogen) atoms. The van der Waals surface area contributed by atoms with Crippen LogP contribution in [0.3, 0.4) is 0 Å². The number of thioether (sulfide) groups is 1. The van der Waals surface area contributed by atoms with E-state index in [4.69, 9.17) is 11.6 Å². The third kappa shape index (κ3) is 4.33. The van der Waals surface area contributed by atoms with Gasteiger partial charge in [-0.15, -0.1) is 5.10 Å². The van der Waals surface area contributed by atoms with Gasteiger partial charge in [-0.05, 0) is 23.8 Å². The molecule has 2 amide bonds. The maximum Gasteiger partial charge on any atom is 0.269 e. The number of nitrogens with zero attached hydrogens (tertiary/aromatic N) is 3. The quantitative estimate of drug-likeness (QED) is 0.651. The Hall–Kier alpha value is -2.39. The molecule has 1 atom stereocenters. The molecule has 0 radical (unpaired) electrons. The number of benzene rings is 1. The van der Waals surface area contributed by atoms with Gasteiger partial charge in [-0.25, -0.2) is 5.01 Å². The zero-order chi connectivity index (χ0) is 17.9. The molecular formula is C14H13ClN4O4S. The van der Waals surface area contributed by atoms with Crippen LogP contribution in [0.1, 0.15) is 19.4 Å². The average molecular weight is 369 g/mol. The summed E-state index contributed by atoms with van der Waals surface area (Å²) in [5, 5.41) is 18.3. The number of nitro groups is 1. The van der Waals surface area contributed by atoms with Gasteiger partial charge in [-0.3, -0.25) is 19.7 Å². The summed E-state index contributed by atoms with van der Waals surface area (Å²) in [5.74, 6) is -0.635. The minimum absolute atomic E-state index is 0.0276. The monoisotopic (exact) mass is 368 g/mol. The van der Waals surface area contributed by atoms with Crippen molar-refractivity contribution in [3.05, 3.63) is 45.0 Å². The molecule has 0 saturated carbocycles. The number of hydrazone groups is 1. The van der Waals surface area contributed by atoms with Crippen molar-refractivity contribution in [2.75, 3.05) is 0 Å². The third-order valence-corrected chi connectivity index (χ3v) is 4.42. The fourth-order valence-corrected chi connectivity index (χ4v) is 3.24. The molecule has 1 aromatic rings. The summed E-state index contributed by atoms with van der Waals surface area (Å²) >= 11 is 7.42. The van der Waals surface area contributed by atoms with Crippen molar-refractivity contribution < 1.29 is 14.5 Å². The second-order valence-electron chi connectivity index (χ2n) is 4.80. The molecular weight excluding hydrogens is 356 g/mol. The number of nitrogens with one attached hydrogen (secondary N) is 1. The summed E-state index contributed by atoms with van der Waals surface area (Å²) in [7, 11) is 0. The van der Waals surface area contributed by atoms with Crippen LogP contribution in [-0.2, 0) is 9.59 Å². The smallest absolute Gasteiger partial charge is 0.269 e. The molecule has 1 aromatic carbocycles. The molecule has 2 rings (SSSR count). The second-order valence-corrected chi connectivity index (χ2v) is 6.30. The second kappa shape index (κ2) is 7.45. The zero-order valence-corrected chi connectivity index (χ0v) is 14.3. The molecule has 1 heterocycles. The molecule has 1 aliphatic heterocycles. The van der Waals surface area contributed by atoms with Crippen molar-refractivity contribution in [2.24, 2.45) is 5.10 Å². The first-order chi connectivity index (χ1) is 11.3. The maximum absolute atomic E-state index is 11.7. The lowest BCUT2D eigenvalue weighted by atomic mass is 10.2. The van der Waals surface area contributed by atoms with Crippen molar-refractivity contribution in [3.8, 4) is 0 Å². The molecule has 0 fully saturated rings. The number of halogens is 1. The molecule has 0 saturated heterocycles. The van der Waals surface area contributed by atoms with E-state index in [0.717, 1.165) is 11.8 Å². The number of carbonyl (C=O) groups is 2. The van der Waals surface area contributed by atoms with Gasteiger partial charge in [-0.2, -0.15) is 0 Å². The van der Waals surface area contributed by atoms with Gasteiger partial charge in [0.25, 0.3) is 5.69 Å². The molecule has 0 bridgehead atoms. The van der Waals surface area contributed by atoms with E-state index in [9.17, 15) is 19.7 Å². The van der Waals surface area contributed by atoms with Crippen LogP contribution in [0.4, 0.5) is 5.69 Å². The average Bonchev–Trinajstić information content (AvgIpc) is 2.91. The molecule has 10 heteroatoms. The van der Waals surface area contributed by atoms with E-state index in [-0.39, 0.29) is 22.7 Å². The highest BCUT2D eigenvalue weighted by Gasteiger charge is 2.33. The van der Waals surface area contributed by atoms with E-state index in [1.165, 1.54) is 31.0 Å². The minimum Gasteiger partial charge on any atom is -0.304 e. The normalized spacial score (nSPS) is 17.5. The summed E-state index contributed by atoms with van der Waals surface area (Å²) in [6, 6.07) is 5.82. The van der Waals surface area contributed by atoms with Gasteiger partial charge in [0.05, 0.1) is 9.96 Å². The lowest BCUT2D eigenvalue weighted by Crippen LogP contribution is -2.29. The van der Waals surface area contributed by atoms with Crippen molar-refractivity contribution in [2.45, 2.75) is 19.2 Å². The SMILES string of the molecule is CC(=O)NC1=NN(C(C)=O)[C@@H](/C(Cl)=C/c2ccc([N+](=O)[O-])cc2)S1. The molecule has 1 N–H and O–H groups in total. The Morgan fingerprint density at radius 3 is 2.50 bits per heavy atom. The Balaban J connectivity index is 2.21. The number of hydrogen-bond donors (Lipinski definition) is 1. The predicted octanol–water partition coefficient (Wildman–Crippen LogP) is 2.50. The molecule has 0 aromatic heterocycles. The standard InChI is InChI=1S/C14H13ClN4O4S/c1-8(20)16-14-17-18(9(2)21)13(24-14)12(15)7-10-3-5-11(6-4-10)19(22)23/h3-7,13H,1-2H3,(H,16,17,20)/b12-7-/t13-/m1/s1. The first kappa shape index (κ1) is 18.0. The van der Waals surface area contributed by atoms with Crippen molar-refractivity contribution in [3.63, 3.8) is 0 Å². The molecule has 126 valence electrons. The maximum atomic E-state index is 11.7. The Labute approximate surface area is 146 Å². The summed E-state index contributed by atoms with van der Waals surface area (Å²) in [6.07, 6.45) is 1.59. The number of carbonyl (C=O) groups excluding carboxylic acids is 2. The fraction of sp³-hybridized carbons (Fsp3) is 0.214. The Kier molecular flexibility index (Phi) is 5.58. The Bertz CT molecular complexity index is 748. The van der Waals surface area contributed by atoms with Gasteiger partial charge in [0.1, 0.15) is 5.37 Å². The molecule has 8 nitrogen and oxygen atoms in total. The highest BCUT2D eigenvalue weighted by Crippen LogP contribution is 2.33. The van der Waals surface area contributed by atoms with E-state index in [1.807, 2.05) is 0 Å². The van der Waals surface area contributed by atoms with Crippen LogP contribution in [0.25, 0.3) is 6.08 Å². The van der Waals surface area contributed by atoms with E-state index in [1.54, 1.807) is 18.2 Å².